The molecule has 0 aliphatic carbocycles. The number of carbonyl (C=O) groups excluding carboxylic acids is 2. The molecule has 0 amide bonds. The van der Waals surface area contributed by atoms with Gasteiger partial charge < -0.3 is 9.47 Å². The molecule has 3 aromatic rings. The molecule has 0 radical (unpaired) electrons. The van der Waals surface area contributed by atoms with Crippen LogP contribution in [0.4, 0.5) is 0 Å². The van der Waals surface area contributed by atoms with E-state index in [-0.39, 0.29) is 12.2 Å². The highest BCUT2D eigenvalue weighted by Crippen LogP contribution is 2.26. The maximum absolute atomic E-state index is 12.7. The number of hydrogen-bond donors (Lipinski definition) is 0. The van der Waals surface area contributed by atoms with Crippen molar-refractivity contribution in [3.8, 4) is 16.9 Å². The first kappa shape index (κ1) is 17.3. The third-order valence-electron chi connectivity index (χ3n) is 4.21. The summed E-state index contributed by atoms with van der Waals surface area (Å²) < 4.78 is 11.8. The van der Waals surface area contributed by atoms with Crippen molar-refractivity contribution in [1.82, 2.24) is 9.78 Å². The van der Waals surface area contributed by atoms with Crippen LogP contribution in [0, 0.1) is 0 Å². The summed E-state index contributed by atoms with van der Waals surface area (Å²) in [6, 6.07) is 16.4. The van der Waals surface area contributed by atoms with E-state index in [1.807, 2.05) is 30.3 Å². The molecule has 0 bridgehead atoms. The summed E-state index contributed by atoms with van der Waals surface area (Å²) in [7, 11) is 0. The molecule has 27 heavy (non-hydrogen) atoms. The summed E-state index contributed by atoms with van der Waals surface area (Å²) in [5.74, 6) is -1.14. The Bertz CT molecular complexity index is 983. The first-order valence-electron chi connectivity index (χ1n) is 8.40. The van der Waals surface area contributed by atoms with Gasteiger partial charge in [0.2, 0.25) is 6.10 Å². The Balaban J connectivity index is 1.73. The number of nitrogens with zero attached hydrogens (tertiary/aromatic N) is 2. The van der Waals surface area contributed by atoms with Crippen LogP contribution in [0.25, 0.3) is 16.9 Å². The smallest absolute Gasteiger partial charge is 0.347 e. The Labute approximate surface area is 160 Å². The van der Waals surface area contributed by atoms with Gasteiger partial charge in [0.1, 0.15) is 11.3 Å². The van der Waals surface area contributed by atoms with Gasteiger partial charge in [0.25, 0.3) is 0 Å². The number of carbonyl (C=O) groups is 2. The van der Waals surface area contributed by atoms with Crippen LogP contribution in [0.15, 0.2) is 60.8 Å². The first-order valence-corrected chi connectivity index (χ1v) is 8.78. The lowest BCUT2D eigenvalue weighted by molar-refractivity contribution is -0.145. The number of esters is 2. The van der Waals surface area contributed by atoms with E-state index in [0.717, 1.165) is 11.3 Å². The number of hydrogen-bond acceptors (Lipinski definition) is 5. The van der Waals surface area contributed by atoms with Crippen molar-refractivity contribution in [3.63, 3.8) is 0 Å². The average molecular weight is 383 g/mol. The van der Waals surface area contributed by atoms with Crippen LogP contribution in [0.2, 0.25) is 5.02 Å². The predicted octanol–water partition coefficient (Wildman–Crippen LogP) is 3.67. The highest BCUT2D eigenvalue weighted by atomic mass is 35.5. The number of aromatic nitrogens is 2. The number of cyclic esters (lactones) is 1. The molecular weight excluding hydrogens is 368 g/mol. The highest BCUT2D eigenvalue weighted by molar-refractivity contribution is 6.30. The summed E-state index contributed by atoms with van der Waals surface area (Å²) in [5.41, 5.74) is 2.23. The number of ether oxygens (including phenoxy) is 2. The average Bonchev–Trinajstić information content (AvgIpc) is 3.30. The van der Waals surface area contributed by atoms with Crippen LogP contribution < -0.4 is 0 Å². The van der Waals surface area contributed by atoms with Crippen LogP contribution in [-0.4, -0.2) is 34.4 Å². The minimum absolute atomic E-state index is 0.254. The molecule has 6 nitrogen and oxygen atoms in total. The second-order valence-corrected chi connectivity index (χ2v) is 6.46. The number of benzene rings is 2. The second-order valence-electron chi connectivity index (χ2n) is 6.03. The SMILES string of the molecule is O=C(O[C@H]1CCOC1=O)c1cn(-c2ccccc2)nc1-c1ccc(Cl)cc1. The third kappa shape index (κ3) is 3.57. The predicted molar refractivity (Wildman–Crippen MR) is 98.8 cm³/mol. The van der Waals surface area contributed by atoms with Gasteiger partial charge in [-0.1, -0.05) is 41.9 Å². The fraction of sp³-hybridized carbons (Fsp3) is 0.150. The molecule has 1 aliphatic rings. The van der Waals surface area contributed by atoms with Gasteiger partial charge in [-0.15, -0.1) is 0 Å². The van der Waals surface area contributed by atoms with Gasteiger partial charge in [-0.2, -0.15) is 5.10 Å². The lowest BCUT2D eigenvalue weighted by Crippen LogP contribution is -2.22. The number of para-hydroxylation sites is 1. The lowest BCUT2D eigenvalue weighted by Gasteiger charge is -2.08. The van der Waals surface area contributed by atoms with E-state index in [0.29, 0.717) is 17.1 Å². The van der Waals surface area contributed by atoms with Crippen LogP contribution in [0.5, 0.6) is 0 Å². The Hall–Kier alpha value is -3.12. The maximum atomic E-state index is 12.7. The molecule has 1 atom stereocenters. The van der Waals surface area contributed by atoms with Crippen molar-refractivity contribution < 1.29 is 19.1 Å². The molecular formula is C20H15ClN2O4. The van der Waals surface area contributed by atoms with Crippen LogP contribution in [0.1, 0.15) is 16.8 Å². The van der Waals surface area contributed by atoms with Gasteiger partial charge in [-0.05, 0) is 24.3 Å². The van der Waals surface area contributed by atoms with Crippen molar-refractivity contribution >= 4 is 23.5 Å². The second kappa shape index (κ2) is 7.25. The standard InChI is InChI=1S/C20H15ClN2O4/c21-14-8-6-13(7-9-14)18-16(19(24)27-17-10-11-26-20(17)25)12-23(22-18)15-4-2-1-3-5-15/h1-9,12,17H,10-11H2/t17-/m0/s1. The van der Waals surface area contributed by atoms with Gasteiger partial charge >= 0.3 is 11.9 Å². The summed E-state index contributed by atoms with van der Waals surface area (Å²) >= 11 is 5.96. The zero-order valence-electron chi connectivity index (χ0n) is 14.2. The molecule has 1 fully saturated rings. The highest BCUT2D eigenvalue weighted by Gasteiger charge is 2.32. The van der Waals surface area contributed by atoms with E-state index >= 15 is 0 Å². The van der Waals surface area contributed by atoms with E-state index < -0.39 is 18.0 Å². The minimum Gasteiger partial charge on any atom is -0.463 e. The molecule has 4 rings (SSSR count). The molecule has 2 heterocycles. The quantitative estimate of drug-likeness (QED) is 0.644. The van der Waals surface area contributed by atoms with E-state index in [2.05, 4.69) is 5.10 Å². The first-order chi connectivity index (χ1) is 13.1. The molecule has 136 valence electrons. The Morgan fingerprint density at radius 1 is 1.15 bits per heavy atom. The van der Waals surface area contributed by atoms with Crippen molar-refractivity contribution in [2.75, 3.05) is 6.61 Å². The lowest BCUT2D eigenvalue weighted by atomic mass is 10.1. The molecule has 0 unspecified atom stereocenters. The summed E-state index contributed by atoms with van der Waals surface area (Å²) in [6.07, 6.45) is 1.07. The summed E-state index contributed by atoms with van der Waals surface area (Å²) in [5, 5.41) is 5.13. The topological polar surface area (TPSA) is 70.4 Å². The molecule has 7 heteroatoms. The number of halogens is 1. The van der Waals surface area contributed by atoms with Crippen LogP contribution in [0.3, 0.4) is 0 Å². The fourth-order valence-corrected chi connectivity index (χ4v) is 2.96. The molecule has 1 aromatic heterocycles. The molecule has 1 saturated heterocycles. The zero-order chi connectivity index (χ0) is 18.8. The van der Waals surface area contributed by atoms with Crippen molar-refractivity contribution in [2.24, 2.45) is 0 Å². The third-order valence-corrected chi connectivity index (χ3v) is 4.46. The van der Waals surface area contributed by atoms with Crippen molar-refractivity contribution in [1.29, 1.82) is 0 Å². The van der Waals surface area contributed by atoms with E-state index in [1.54, 1.807) is 35.1 Å². The summed E-state index contributed by atoms with van der Waals surface area (Å²) in [4.78, 5) is 24.4. The zero-order valence-corrected chi connectivity index (χ0v) is 14.9. The minimum atomic E-state index is -0.879. The van der Waals surface area contributed by atoms with E-state index in [1.165, 1.54) is 0 Å². The Kier molecular flexibility index (Phi) is 4.64. The largest absolute Gasteiger partial charge is 0.463 e. The van der Waals surface area contributed by atoms with E-state index in [4.69, 9.17) is 21.1 Å². The van der Waals surface area contributed by atoms with E-state index in [9.17, 15) is 9.59 Å². The Morgan fingerprint density at radius 2 is 1.89 bits per heavy atom. The van der Waals surface area contributed by atoms with Crippen molar-refractivity contribution in [2.45, 2.75) is 12.5 Å². The maximum Gasteiger partial charge on any atom is 0.347 e. The normalized spacial score (nSPS) is 16.2. The van der Waals surface area contributed by atoms with Gasteiger partial charge in [0.05, 0.1) is 12.3 Å². The van der Waals surface area contributed by atoms with Crippen molar-refractivity contribution in [3.05, 3.63) is 71.4 Å². The van der Waals surface area contributed by atoms with Gasteiger partial charge in [-0.25, -0.2) is 14.3 Å². The van der Waals surface area contributed by atoms with Crippen LogP contribution >= 0.6 is 11.6 Å². The van der Waals surface area contributed by atoms with Gasteiger partial charge in [-0.3, -0.25) is 0 Å². The molecule has 2 aromatic carbocycles. The molecule has 0 saturated carbocycles. The molecule has 0 N–H and O–H groups in total. The molecule has 0 spiro atoms. The van der Waals surface area contributed by atoms with Crippen LogP contribution in [-0.2, 0) is 14.3 Å². The van der Waals surface area contributed by atoms with Gasteiger partial charge in [0, 0.05) is 23.2 Å². The Morgan fingerprint density at radius 3 is 2.56 bits per heavy atom. The summed E-state index contributed by atoms with van der Waals surface area (Å²) in [6.45, 7) is 0.254. The monoisotopic (exact) mass is 382 g/mol. The number of rotatable bonds is 4. The molecule has 1 aliphatic heterocycles. The van der Waals surface area contributed by atoms with Gasteiger partial charge in [0.15, 0.2) is 0 Å². The fourth-order valence-electron chi connectivity index (χ4n) is 2.83.